The first-order chi connectivity index (χ1) is 10.1. The average Bonchev–Trinajstić information content (AvgIpc) is 2.49. The highest BCUT2D eigenvalue weighted by molar-refractivity contribution is 6.04. The Balaban J connectivity index is 2.12. The maximum absolute atomic E-state index is 12.0. The smallest absolute Gasteiger partial charge is 0.255 e. The lowest BCUT2D eigenvalue weighted by Gasteiger charge is -2.05. The molecule has 0 atom stereocenters. The van der Waals surface area contributed by atoms with E-state index in [1.165, 1.54) is 10.6 Å². The molecule has 1 aromatic carbocycles. The molecule has 0 spiro atoms. The van der Waals surface area contributed by atoms with Crippen molar-refractivity contribution in [3.05, 3.63) is 64.1 Å². The van der Waals surface area contributed by atoms with E-state index in [1.807, 2.05) is 0 Å². The molecule has 0 radical (unpaired) electrons. The van der Waals surface area contributed by atoms with E-state index in [0.717, 1.165) is 5.56 Å². The number of nitrogens with zero attached hydrogens (tertiary/aromatic N) is 1. The fraction of sp³-hybridized carbons (Fsp3) is 0.125. The van der Waals surface area contributed by atoms with Gasteiger partial charge in [-0.15, -0.1) is 0 Å². The maximum Gasteiger partial charge on any atom is 0.255 e. The van der Waals surface area contributed by atoms with Crippen LogP contribution in [-0.2, 0) is 7.05 Å². The summed E-state index contributed by atoms with van der Waals surface area (Å²) in [6.45, 7) is -0.193. The largest absolute Gasteiger partial charge is 0.384 e. The molecule has 1 heterocycles. The minimum atomic E-state index is -0.345. The van der Waals surface area contributed by atoms with Crippen LogP contribution < -0.4 is 10.9 Å². The van der Waals surface area contributed by atoms with Gasteiger partial charge in [-0.1, -0.05) is 11.8 Å². The summed E-state index contributed by atoms with van der Waals surface area (Å²) in [7, 11) is 1.62. The zero-order chi connectivity index (χ0) is 15.2. The highest BCUT2D eigenvalue weighted by Gasteiger charge is 2.07. The summed E-state index contributed by atoms with van der Waals surface area (Å²) in [6.07, 6.45) is 1.55. The third kappa shape index (κ3) is 3.81. The van der Waals surface area contributed by atoms with Crippen LogP contribution in [0.3, 0.4) is 0 Å². The van der Waals surface area contributed by atoms with Crippen LogP contribution in [0.15, 0.2) is 47.4 Å². The van der Waals surface area contributed by atoms with Crippen LogP contribution in [-0.4, -0.2) is 22.2 Å². The first-order valence-electron chi connectivity index (χ1n) is 6.28. The van der Waals surface area contributed by atoms with Gasteiger partial charge in [0.15, 0.2) is 0 Å². The van der Waals surface area contributed by atoms with Crippen molar-refractivity contribution < 1.29 is 9.90 Å². The number of aliphatic hydroxyl groups excluding tert-OH is 1. The lowest BCUT2D eigenvalue weighted by atomic mass is 10.2. The van der Waals surface area contributed by atoms with Crippen LogP contribution in [0.25, 0.3) is 0 Å². The van der Waals surface area contributed by atoms with Crippen molar-refractivity contribution in [2.75, 3.05) is 11.9 Å². The van der Waals surface area contributed by atoms with Crippen molar-refractivity contribution in [1.82, 2.24) is 4.57 Å². The topological polar surface area (TPSA) is 71.3 Å². The van der Waals surface area contributed by atoms with Gasteiger partial charge in [0, 0.05) is 36.1 Å². The summed E-state index contributed by atoms with van der Waals surface area (Å²) in [4.78, 5) is 23.5. The van der Waals surface area contributed by atoms with Gasteiger partial charge in [-0.25, -0.2) is 0 Å². The van der Waals surface area contributed by atoms with E-state index >= 15 is 0 Å². The molecule has 5 heteroatoms. The summed E-state index contributed by atoms with van der Waals surface area (Å²) in [5, 5.41) is 11.3. The number of hydrogen-bond donors (Lipinski definition) is 2. The van der Waals surface area contributed by atoms with Crippen molar-refractivity contribution in [1.29, 1.82) is 0 Å². The molecule has 21 heavy (non-hydrogen) atoms. The Labute approximate surface area is 121 Å². The van der Waals surface area contributed by atoms with Gasteiger partial charge in [0.2, 0.25) is 0 Å². The SMILES string of the molecule is Cn1ccc(C(=O)Nc2ccc(C#CCO)cc2)cc1=O. The minimum Gasteiger partial charge on any atom is -0.384 e. The van der Waals surface area contributed by atoms with Crippen LogP contribution in [0.1, 0.15) is 15.9 Å². The number of anilines is 1. The van der Waals surface area contributed by atoms with Crippen molar-refractivity contribution in [3.63, 3.8) is 0 Å². The summed E-state index contributed by atoms with van der Waals surface area (Å²) in [5.74, 6) is 4.96. The van der Waals surface area contributed by atoms with Crippen LogP contribution in [0.4, 0.5) is 5.69 Å². The molecule has 2 aromatic rings. The number of benzene rings is 1. The molecule has 106 valence electrons. The van der Waals surface area contributed by atoms with E-state index in [9.17, 15) is 9.59 Å². The van der Waals surface area contributed by atoms with Crippen molar-refractivity contribution in [3.8, 4) is 11.8 Å². The molecular weight excluding hydrogens is 268 g/mol. The number of pyridine rings is 1. The fourth-order valence-corrected chi connectivity index (χ4v) is 1.67. The number of aliphatic hydroxyl groups is 1. The predicted octanol–water partition coefficient (Wildman–Crippen LogP) is 0.981. The number of nitrogens with one attached hydrogen (secondary N) is 1. The monoisotopic (exact) mass is 282 g/mol. The summed E-state index contributed by atoms with van der Waals surface area (Å²) in [5.41, 5.74) is 1.42. The second-order valence-electron chi connectivity index (χ2n) is 4.36. The van der Waals surface area contributed by atoms with Gasteiger partial charge >= 0.3 is 0 Å². The van der Waals surface area contributed by atoms with Gasteiger partial charge in [0.25, 0.3) is 11.5 Å². The first-order valence-corrected chi connectivity index (χ1v) is 6.28. The molecule has 2 N–H and O–H groups in total. The Kier molecular flexibility index (Phi) is 4.54. The molecule has 1 aromatic heterocycles. The first kappa shape index (κ1) is 14.6. The van der Waals surface area contributed by atoms with E-state index < -0.39 is 0 Å². The number of carbonyl (C=O) groups excluding carboxylic acids is 1. The second kappa shape index (κ2) is 6.55. The standard InChI is InChI=1S/C16H14N2O3/c1-18-9-8-13(11-15(18)20)16(21)17-14-6-4-12(5-7-14)3-2-10-19/h4-9,11,19H,10H2,1H3,(H,17,21). The normalized spacial score (nSPS) is 9.62. The number of amides is 1. The van der Waals surface area contributed by atoms with Crippen LogP contribution in [0.5, 0.6) is 0 Å². The van der Waals surface area contributed by atoms with Crippen LogP contribution >= 0.6 is 0 Å². The second-order valence-corrected chi connectivity index (χ2v) is 4.36. The zero-order valence-corrected chi connectivity index (χ0v) is 11.5. The van der Waals surface area contributed by atoms with Crippen molar-refractivity contribution in [2.45, 2.75) is 0 Å². The molecule has 0 bridgehead atoms. The molecule has 0 unspecified atom stereocenters. The van der Waals surface area contributed by atoms with E-state index in [2.05, 4.69) is 17.2 Å². The maximum atomic E-state index is 12.0. The number of carbonyl (C=O) groups is 1. The minimum absolute atomic E-state index is 0.193. The van der Waals surface area contributed by atoms with Gasteiger partial charge in [-0.2, -0.15) is 0 Å². The molecule has 0 saturated heterocycles. The van der Waals surface area contributed by atoms with E-state index in [0.29, 0.717) is 11.3 Å². The Morgan fingerprint density at radius 1 is 1.29 bits per heavy atom. The Bertz CT molecular complexity index is 765. The van der Waals surface area contributed by atoms with E-state index in [-0.39, 0.29) is 18.1 Å². The highest BCUT2D eigenvalue weighted by Crippen LogP contribution is 2.10. The Hall–Kier alpha value is -2.84. The lowest BCUT2D eigenvalue weighted by Crippen LogP contribution is -2.19. The molecule has 0 fully saturated rings. The van der Waals surface area contributed by atoms with Crippen molar-refractivity contribution in [2.24, 2.45) is 7.05 Å². The molecule has 0 aliphatic rings. The van der Waals surface area contributed by atoms with E-state index in [4.69, 9.17) is 5.11 Å². The summed E-state index contributed by atoms with van der Waals surface area (Å²) < 4.78 is 1.39. The lowest BCUT2D eigenvalue weighted by molar-refractivity contribution is 0.102. The molecule has 1 amide bonds. The van der Waals surface area contributed by atoms with Gasteiger partial charge < -0.3 is 15.0 Å². The van der Waals surface area contributed by atoms with Gasteiger partial charge in [0.1, 0.15) is 6.61 Å². The summed E-state index contributed by atoms with van der Waals surface area (Å²) >= 11 is 0. The molecular formula is C16H14N2O3. The number of rotatable bonds is 2. The van der Waals surface area contributed by atoms with Crippen LogP contribution in [0.2, 0.25) is 0 Å². The molecule has 0 aliphatic heterocycles. The number of hydrogen-bond acceptors (Lipinski definition) is 3. The fourth-order valence-electron chi connectivity index (χ4n) is 1.67. The van der Waals surface area contributed by atoms with E-state index in [1.54, 1.807) is 43.6 Å². The summed E-state index contributed by atoms with van der Waals surface area (Å²) in [6, 6.07) is 9.76. The zero-order valence-electron chi connectivity index (χ0n) is 11.5. The Morgan fingerprint density at radius 3 is 2.62 bits per heavy atom. The van der Waals surface area contributed by atoms with Gasteiger partial charge in [-0.3, -0.25) is 9.59 Å². The Morgan fingerprint density at radius 2 is 2.00 bits per heavy atom. The molecule has 2 rings (SSSR count). The van der Waals surface area contributed by atoms with Crippen molar-refractivity contribution >= 4 is 11.6 Å². The van der Waals surface area contributed by atoms with Gasteiger partial charge in [0.05, 0.1) is 0 Å². The number of aryl methyl sites for hydroxylation is 1. The van der Waals surface area contributed by atoms with Crippen LogP contribution in [0, 0.1) is 11.8 Å². The quantitative estimate of drug-likeness (QED) is 0.807. The highest BCUT2D eigenvalue weighted by atomic mass is 16.2. The predicted molar refractivity (Wildman–Crippen MR) is 80.0 cm³/mol. The third-order valence-electron chi connectivity index (χ3n) is 2.82. The van der Waals surface area contributed by atoms with Gasteiger partial charge in [-0.05, 0) is 30.3 Å². The third-order valence-corrected chi connectivity index (χ3v) is 2.82. The molecule has 5 nitrogen and oxygen atoms in total. The average molecular weight is 282 g/mol. The number of aromatic nitrogens is 1. The molecule has 0 aliphatic carbocycles. The molecule has 0 saturated carbocycles.